The summed E-state index contributed by atoms with van der Waals surface area (Å²) in [5.41, 5.74) is 1.56. The van der Waals surface area contributed by atoms with Crippen molar-refractivity contribution in [1.29, 1.82) is 0 Å². The van der Waals surface area contributed by atoms with Crippen LogP contribution in [0.3, 0.4) is 0 Å². The van der Waals surface area contributed by atoms with Crippen molar-refractivity contribution in [2.75, 3.05) is 10.6 Å². The van der Waals surface area contributed by atoms with E-state index in [1.807, 2.05) is 36.4 Å². The van der Waals surface area contributed by atoms with Gasteiger partial charge in [0.05, 0.1) is 11.8 Å². The van der Waals surface area contributed by atoms with Gasteiger partial charge in [-0.25, -0.2) is 9.36 Å². The topological polar surface area (TPSA) is 75.0 Å². The molecule has 0 spiro atoms. The second-order valence-electron chi connectivity index (χ2n) is 7.65. The van der Waals surface area contributed by atoms with Crippen molar-refractivity contribution in [1.82, 2.24) is 4.98 Å². The number of alkyl halides is 3. The van der Waals surface area contributed by atoms with Crippen LogP contribution >= 0.6 is 0 Å². The minimum absolute atomic E-state index is 0. The Morgan fingerprint density at radius 3 is 2.14 bits per heavy atom. The van der Waals surface area contributed by atoms with E-state index >= 15 is 0 Å². The van der Waals surface area contributed by atoms with Crippen molar-refractivity contribution in [2.24, 2.45) is 0 Å². The average molecular weight is 557 g/mol. The van der Waals surface area contributed by atoms with Crippen LogP contribution in [0, 0.1) is 0 Å². The first-order valence-corrected chi connectivity index (χ1v) is 10.6. The van der Waals surface area contributed by atoms with Crippen LogP contribution in [0.1, 0.15) is 15.9 Å². The summed E-state index contributed by atoms with van der Waals surface area (Å²) >= 11 is 0. The number of urea groups is 1. The minimum atomic E-state index is -4.52. The fourth-order valence-electron chi connectivity index (χ4n) is 3.35. The van der Waals surface area contributed by atoms with E-state index in [1.54, 1.807) is 35.3 Å². The van der Waals surface area contributed by atoms with E-state index in [-0.39, 0.29) is 35.0 Å². The summed E-state index contributed by atoms with van der Waals surface area (Å²) in [6.07, 6.45) is -1.18. The minimum Gasteiger partial charge on any atom is -1.00 e. The summed E-state index contributed by atoms with van der Waals surface area (Å²) < 4.78 is 40.2. The molecular formula is C26H20BrF3N4O2. The normalized spacial score (nSPS) is 10.8. The molecule has 0 unspecified atom stereocenters. The maximum absolute atomic E-state index is 12.9. The Morgan fingerprint density at radius 1 is 0.833 bits per heavy atom. The number of carbonyl (C=O) groups is 2. The highest BCUT2D eigenvalue weighted by Gasteiger charge is 2.30. The molecular weight excluding hydrogens is 537 g/mol. The lowest BCUT2D eigenvalue weighted by Crippen LogP contribution is -3.00. The predicted octanol–water partition coefficient (Wildman–Crippen LogP) is 2.59. The average Bonchev–Trinajstić information content (AvgIpc) is 2.85. The number of nitrogens with one attached hydrogen (secondary N) is 2. The van der Waals surface area contributed by atoms with Gasteiger partial charge >= 0.3 is 12.2 Å². The zero-order chi connectivity index (χ0) is 24.8. The first-order chi connectivity index (χ1) is 16.8. The Morgan fingerprint density at radius 2 is 1.50 bits per heavy atom. The number of ketones is 1. The van der Waals surface area contributed by atoms with E-state index in [0.29, 0.717) is 11.3 Å². The van der Waals surface area contributed by atoms with Gasteiger partial charge in [0.1, 0.15) is 0 Å². The maximum Gasteiger partial charge on any atom is 0.416 e. The van der Waals surface area contributed by atoms with Crippen molar-refractivity contribution < 1.29 is 44.3 Å². The molecule has 1 aromatic heterocycles. The molecule has 4 rings (SSSR count). The van der Waals surface area contributed by atoms with Gasteiger partial charge in [0, 0.05) is 28.6 Å². The lowest BCUT2D eigenvalue weighted by Gasteiger charge is -2.11. The second kappa shape index (κ2) is 11.6. The summed E-state index contributed by atoms with van der Waals surface area (Å²) in [5, 5.41) is 4.89. The maximum atomic E-state index is 12.9. The number of halogens is 4. The van der Waals surface area contributed by atoms with E-state index in [4.69, 9.17) is 0 Å². The molecule has 2 N–H and O–H groups in total. The van der Waals surface area contributed by atoms with Crippen molar-refractivity contribution >= 4 is 23.2 Å². The van der Waals surface area contributed by atoms with Crippen molar-refractivity contribution in [3.05, 3.63) is 109 Å². The molecule has 0 aliphatic heterocycles. The third kappa shape index (κ3) is 6.98. The van der Waals surface area contributed by atoms with Gasteiger partial charge in [0.15, 0.2) is 12.2 Å². The van der Waals surface area contributed by atoms with Gasteiger partial charge in [-0.2, -0.15) is 13.2 Å². The van der Waals surface area contributed by atoms with Crippen LogP contribution in [0.4, 0.5) is 29.3 Å². The van der Waals surface area contributed by atoms with Crippen LogP contribution in [-0.2, 0) is 12.7 Å². The lowest BCUT2D eigenvalue weighted by atomic mass is 10.1. The largest absolute Gasteiger partial charge is 1.00 e. The molecule has 0 saturated carbocycles. The predicted molar refractivity (Wildman–Crippen MR) is 125 cm³/mol. The van der Waals surface area contributed by atoms with E-state index < -0.39 is 17.8 Å². The van der Waals surface area contributed by atoms with Crippen LogP contribution in [0.5, 0.6) is 0 Å². The summed E-state index contributed by atoms with van der Waals surface area (Å²) in [5.74, 6) is -0.203. The van der Waals surface area contributed by atoms with Crippen molar-refractivity contribution in [3.63, 3.8) is 0 Å². The number of nitrogens with zero attached hydrogens (tertiary/aromatic N) is 2. The van der Waals surface area contributed by atoms with Crippen molar-refractivity contribution in [3.8, 4) is 11.3 Å². The Labute approximate surface area is 215 Å². The Balaban J connectivity index is 0.00000361. The third-order valence-corrected chi connectivity index (χ3v) is 5.05. The lowest BCUT2D eigenvalue weighted by molar-refractivity contribution is -0.686. The molecule has 2 amide bonds. The number of benzene rings is 3. The molecule has 184 valence electrons. The second-order valence-corrected chi connectivity index (χ2v) is 7.65. The first-order valence-electron chi connectivity index (χ1n) is 10.6. The fourth-order valence-corrected chi connectivity index (χ4v) is 3.35. The molecule has 1 heterocycles. The quantitative estimate of drug-likeness (QED) is 0.283. The highest BCUT2D eigenvalue weighted by molar-refractivity contribution is 6.01. The monoisotopic (exact) mass is 556 g/mol. The van der Waals surface area contributed by atoms with Crippen LogP contribution in [0.25, 0.3) is 11.3 Å². The highest BCUT2D eigenvalue weighted by Crippen LogP contribution is 2.30. The highest BCUT2D eigenvalue weighted by atomic mass is 79.9. The fraction of sp³-hybridized carbons (Fsp3) is 0.0769. The molecule has 6 nitrogen and oxygen atoms in total. The van der Waals surface area contributed by atoms with Crippen LogP contribution < -0.4 is 32.2 Å². The molecule has 0 aliphatic carbocycles. The number of rotatable bonds is 6. The van der Waals surface area contributed by atoms with Gasteiger partial charge < -0.3 is 27.6 Å². The van der Waals surface area contributed by atoms with Crippen LogP contribution in [0.2, 0.25) is 0 Å². The third-order valence-electron chi connectivity index (χ3n) is 5.05. The zero-order valence-electron chi connectivity index (χ0n) is 18.7. The summed E-state index contributed by atoms with van der Waals surface area (Å²) in [6, 6.07) is 21.3. The van der Waals surface area contributed by atoms with E-state index in [1.165, 1.54) is 18.2 Å². The summed E-state index contributed by atoms with van der Waals surface area (Å²) in [6.45, 7) is 0.0436. The molecule has 0 atom stereocenters. The summed E-state index contributed by atoms with van der Waals surface area (Å²) in [7, 11) is 0. The van der Waals surface area contributed by atoms with Gasteiger partial charge in [0.2, 0.25) is 5.78 Å². The zero-order valence-corrected chi connectivity index (χ0v) is 20.3. The van der Waals surface area contributed by atoms with E-state index in [0.717, 1.165) is 23.4 Å². The molecule has 4 aromatic rings. The molecule has 0 fully saturated rings. The number of hydrogen-bond donors (Lipinski definition) is 2. The molecule has 0 aliphatic rings. The SMILES string of the molecule is O=C(Nc1cccc(C(=O)C[n+]2ccc(-c3ccccc3)nc2)c1)Nc1cccc(C(F)(F)F)c1.[Br-]. The molecule has 3 aromatic carbocycles. The number of carbonyl (C=O) groups excluding carboxylic acids is 2. The summed E-state index contributed by atoms with van der Waals surface area (Å²) in [4.78, 5) is 29.4. The van der Waals surface area contributed by atoms with E-state index in [2.05, 4.69) is 15.6 Å². The molecule has 0 bridgehead atoms. The van der Waals surface area contributed by atoms with Crippen molar-refractivity contribution in [2.45, 2.75) is 12.7 Å². The van der Waals surface area contributed by atoms with Gasteiger partial charge in [0.25, 0.3) is 6.33 Å². The smallest absolute Gasteiger partial charge is 0.416 e. The number of anilines is 2. The van der Waals surface area contributed by atoms with Gasteiger partial charge in [-0.15, -0.1) is 0 Å². The number of aromatic nitrogens is 2. The van der Waals surface area contributed by atoms with Crippen LogP contribution in [0.15, 0.2) is 97.5 Å². The first kappa shape index (κ1) is 26.6. The van der Waals surface area contributed by atoms with E-state index in [9.17, 15) is 22.8 Å². The van der Waals surface area contributed by atoms with Crippen LogP contribution in [-0.4, -0.2) is 16.8 Å². The number of Topliss-reactive ketones (excluding diaryl/α,β-unsaturated/α-hetero) is 1. The molecule has 0 radical (unpaired) electrons. The number of amides is 2. The Bertz CT molecular complexity index is 1350. The molecule has 10 heteroatoms. The van der Waals surface area contributed by atoms with Gasteiger partial charge in [-0.05, 0) is 35.3 Å². The van der Waals surface area contributed by atoms with Gasteiger partial charge in [-0.1, -0.05) is 48.5 Å². The Kier molecular flexibility index (Phi) is 8.55. The number of hydrogen-bond acceptors (Lipinski definition) is 3. The molecule has 0 saturated heterocycles. The standard InChI is InChI=1S/C26H19F3N4O2.BrH/c27-26(28,29)20-9-5-11-22(15-20)32-25(35)31-21-10-4-8-19(14-21)24(34)16-33-13-12-23(30-17-33)18-6-2-1-3-7-18;/h1-15,17H,16H2,(H-,31,32,35);1H. The molecule has 36 heavy (non-hydrogen) atoms. The van der Waals surface area contributed by atoms with Gasteiger partial charge in [-0.3, -0.25) is 4.79 Å². The Hall–Kier alpha value is -4.05.